The van der Waals surface area contributed by atoms with E-state index < -0.39 is 4.92 Å². The topological polar surface area (TPSA) is 66.7 Å². The summed E-state index contributed by atoms with van der Waals surface area (Å²) in [5.74, 6) is 0.0145. The van der Waals surface area contributed by atoms with Crippen LogP contribution in [-0.2, 0) is 11.2 Å². The monoisotopic (exact) mass is 355 g/mol. The van der Waals surface area contributed by atoms with Crippen LogP contribution in [0.4, 0.5) is 11.4 Å². The van der Waals surface area contributed by atoms with E-state index in [0.717, 1.165) is 16.8 Å². The number of aryl methyl sites for hydroxylation is 1. The van der Waals surface area contributed by atoms with E-state index in [0.29, 0.717) is 12.8 Å². The fraction of sp³-hybridized carbons (Fsp3) is 0.350. The number of non-ortho nitro benzene ring substituents is 1. The van der Waals surface area contributed by atoms with Crippen LogP contribution in [0.2, 0.25) is 0 Å². The van der Waals surface area contributed by atoms with Crippen LogP contribution in [0, 0.1) is 10.1 Å². The second kappa shape index (κ2) is 8.47. The van der Waals surface area contributed by atoms with Crippen LogP contribution in [0.3, 0.4) is 0 Å². The molecule has 1 amide bonds. The summed E-state index contributed by atoms with van der Waals surface area (Å²) in [5.41, 5.74) is 3.03. The molecule has 6 nitrogen and oxygen atoms in total. The highest BCUT2D eigenvalue weighted by Gasteiger charge is 2.19. The van der Waals surface area contributed by atoms with E-state index in [4.69, 9.17) is 0 Å². The summed E-state index contributed by atoms with van der Waals surface area (Å²) in [5, 5.41) is 10.9. The highest BCUT2D eigenvalue weighted by atomic mass is 16.6. The third-order valence-corrected chi connectivity index (χ3v) is 4.62. The van der Waals surface area contributed by atoms with Crippen LogP contribution in [0.15, 0.2) is 48.5 Å². The minimum absolute atomic E-state index is 0.0145. The van der Waals surface area contributed by atoms with E-state index in [1.54, 1.807) is 24.1 Å². The number of rotatable bonds is 7. The molecule has 138 valence electrons. The first kappa shape index (κ1) is 19.4. The number of amides is 1. The normalized spacial score (nSPS) is 11.7. The highest BCUT2D eigenvalue weighted by molar-refractivity contribution is 5.76. The average Bonchev–Trinajstić information content (AvgIpc) is 2.65. The molecule has 0 aliphatic heterocycles. The van der Waals surface area contributed by atoms with E-state index in [1.807, 2.05) is 50.2 Å². The molecule has 1 unspecified atom stereocenters. The van der Waals surface area contributed by atoms with Crippen molar-refractivity contribution in [1.82, 2.24) is 4.90 Å². The van der Waals surface area contributed by atoms with Crippen molar-refractivity contribution in [2.75, 3.05) is 26.0 Å². The van der Waals surface area contributed by atoms with Crippen molar-refractivity contribution in [3.63, 3.8) is 0 Å². The number of anilines is 1. The molecule has 0 bridgehead atoms. The van der Waals surface area contributed by atoms with Crippen molar-refractivity contribution < 1.29 is 9.72 Å². The largest absolute Gasteiger partial charge is 0.378 e. The van der Waals surface area contributed by atoms with Crippen LogP contribution < -0.4 is 4.90 Å². The summed E-state index contributed by atoms with van der Waals surface area (Å²) >= 11 is 0. The van der Waals surface area contributed by atoms with Gasteiger partial charge in [-0.05, 0) is 36.6 Å². The first-order chi connectivity index (χ1) is 12.3. The molecule has 2 aromatic carbocycles. The zero-order chi connectivity index (χ0) is 19.3. The number of benzene rings is 2. The Hall–Kier alpha value is -2.89. The summed E-state index contributed by atoms with van der Waals surface area (Å²) in [6.07, 6.45) is 1.07. The lowest BCUT2D eigenvalue weighted by atomic mass is 10.0. The van der Waals surface area contributed by atoms with Crippen molar-refractivity contribution >= 4 is 17.3 Å². The van der Waals surface area contributed by atoms with Gasteiger partial charge in [-0.25, -0.2) is 0 Å². The first-order valence-electron chi connectivity index (χ1n) is 8.56. The molecule has 0 radical (unpaired) electrons. The number of hydrogen-bond acceptors (Lipinski definition) is 4. The third-order valence-electron chi connectivity index (χ3n) is 4.62. The smallest absolute Gasteiger partial charge is 0.269 e. The lowest BCUT2D eigenvalue weighted by molar-refractivity contribution is -0.384. The molecule has 0 saturated carbocycles. The van der Waals surface area contributed by atoms with E-state index in [-0.39, 0.29) is 17.6 Å². The molecule has 0 spiro atoms. The third kappa shape index (κ3) is 4.81. The van der Waals surface area contributed by atoms with Crippen LogP contribution in [-0.4, -0.2) is 36.9 Å². The molecule has 0 aliphatic rings. The van der Waals surface area contributed by atoms with Crippen molar-refractivity contribution in [3.8, 4) is 0 Å². The van der Waals surface area contributed by atoms with Gasteiger partial charge in [0, 0.05) is 45.4 Å². The molecular formula is C20H25N3O3. The van der Waals surface area contributed by atoms with Gasteiger partial charge in [0.25, 0.3) is 5.69 Å². The molecule has 0 aromatic heterocycles. The highest BCUT2D eigenvalue weighted by Crippen LogP contribution is 2.24. The van der Waals surface area contributed by atoms with Gasteiger partial charge in [-0.3, -0.25) is 14.9 Å². The van der Waals surface area contributed by atoms with Crippen molar-refractivity contribution in [2.24, 2.45) is 0 Å². The second-order valence-electron chi connectivity index (χ2n) is 6.59. The molecule has 1 atom stereocenters. The maximum atomic E-state index is 12.5. The van der Waals surface area contributed by atoms with Gasteiger partial charge in [-0.2, -0.15) is 0 Å². The van der Waals surface area contributed by atoms with E-state index >= 15 is 0 Å². The predicted molar refractivity (Wildman–Crippen MR) is 103 cm³/mol. The zero-order valence-electron chi connectivity index (χ0n) is 15.7. The molecular weight excluding hydrogens is 330 g/mol. The maximum absolute atomic E-state index is 12.5. The molecule has 26 heavy (non-hydrogen) atoms. The summed E-state index contributed by atoms with van der Waals surface area (Å²) in [7, 11) is 5.71. The number of nitro groups is 1. The number of carbonyl (C=O) groups excluding carboxylic acids is 1. The molecule has 6 heteroatoms. The number of nitrogens with zero attached hydrogens (tertiary/aromatic N) is 3. The maximum Gasteiger partial charge on any atom is 0.269 e. The molecule has 0 heterocycles. The minimum Gasteiger partial charge on any atom is -0.378 e. The van der Waals surface area contributed by atoms with Crippen LogP contribution in [0.25, 0.3) is 0 Å². The van der Waals surface area contributed by atoms with Crippen LogP contribution in [0.1, 0.15) is 30.5 Å². The summed E-state index contributed by atoms with van der Waals surface area (Å²) < 4.78 is 0. The first-order valence-corrected chi connectivity index (χ1v) is 8.56. The Labute approximate surface area is 154 Å². The molecule has 2 aromatic rings. The van der Waals surface area contributed by atoms with Crippen LogP contribution >= 0.6 is 0 Å². The Kier molecular flexibility index (Phi) is 6.33. The molecule has 0 N–H and O–H groups in total. The van der Waals surface area contributed by atoms with Gasteiger partial charge in [0.2, 0.25) is 5.91 Å². The fourth-order valence-corrected chi connectivity index (χ4v) is 2.73. The Morgan fingerprint density at radius 2 is 1.77 bits per heavy atom. The molecule has 2 rings (SSSR count). The van der Waals surface area contributed by atoms with Gasteiger partial charge in [0.1, 0.15) is 0 Å². The number of nitro benzene ring substituents is 1. The SMILES string of the molecule is CC(c1cccc([N+](=O)[O-])c1)N(C)C(=O)CCc1ccc(N(C)C)cc1. The number of hydrogen-bond donors (Lipinski definition) is 0. The quantitative estimate of drug-likeness (QED) is 0.559. The minimum atomic E-state index is -0.421. The van der Waals surface area contributed by atoms with Crippen LogP contribution in [0.5, 0.6) is 0 Å². The number of carbonyl (C=O) groups is 1. The van der Waals surface area contributed by atoms with Gasteiger partial charge in [0.05, 0.1) is 11.0 Å². The van der Waals surface area contributed by atoms with E-state index in [9.17, 15) is 14.9 Å². The molecule has 0 fully saturated rings. The van der Waals surface area contributed by atoms with Crippen molar-refractivity contribution in [3.05, 3.63) is 69.8 Å². The Balaban J connectivity index is 1.98. The Morgan fingerprint density at radius 1 is 1.12 bits per heavy atom. The summed E-state index contributed by atoms with van der Waals surface area (Å²) in [6.45, 7) is 1.88. The summed E-state index contributed by atoms with van der Waals surface area (Å²) in [6, 6.07) is 14.3. The van der Waals surface area contributed by atoms with E-state index in [1.165, 1.54) is 12.1 Å². The van der Waals surface area contributed by atoms with Gasteiger partial charge in [0.15, 0.2) is 0 Å². The van der Waals surface area contributed by atoms with E-state index in [2.05, 4.69) is 0 Å². The van der Waals surface area contributed by atoms with Gasteiger partial charge >= 0.3 is 0 Å². The average molecular weight is 355 g/mol. The summed E-state index contributed by atoms with van der Waals surface area (Å²) in [4.78, 5) is 26.7. The lowest BCUT2D eigenvalue weighted by Gasteiger charge is -2.25. The zero-order valence-corrected chi connectivity index (χ0v) is 15.7. The molecule has 0 saturated heterocycles. The van der Waals surface area contributed by atoms with Crippen molar-refractivity contribution in [1.29, 1.82) is 0 Å². The van der Waals surface area contributed by atoms with Gasteiger partial charge in [-0.15, -0.1) is 0 Å². The van der Waals surface area contributed by atoms with Gasteiger partial charge < -0.3 is 9.80 Å². The second-order valence-corrected chi connectivity index (χ2v) is 6.59. The standard InChI is InChI=1S/C20H25N3O3/c1-15(17-6-5-7-19(14-17)23(25)26)22(4)20(24)13-10-16-8-11-18(12-9-16)21(2)3/h5-9,11-12,14-15H,10,13H2,1-4H3. The predicted octanol–water partition coefficient (Wildman–Crippen LogP) is 3.81. The van der Waals surface area contributed by atoms with Gasteiger partial charge in [-0.1, -0.05) is 24.3 Å². The Morgan fingerprint density at radius 3 is 2.35 bits per heavy atom. The Bertz CT molecular complexity index is 772. The van der Waals surface area contributed by atoms with Crippen molar-refractivity contribution in [2.45, 2.75) is 25.8 Å². The molecule has 0 aliphatic carbocycles. The fourth-order valence-electron chi connectivity index (χ4n) is 2.73. The lowest BCUT2D eigenvalue weighted by Crippen LogP contribution is -2.29.